The quantitative estimate of drug-likeness (QED) is 0.426. The molecule has 70 valence electrons. The molecule has 0 aliphatic carbocycles. The van der Waals surface area contributed by atoms with Crippen LogP contribution in [0.1, 0.15) is 5.69 Å². The van der Waals surface area contributed by atoms with E-state index in [2.05, 4.69) is 17.3 Å². The fourth-order valence-electron chi connectivity index (χ4n) is 0.974. The molecule has 0 bridgehead atoms. The molecule has 0 saturated carbocycles. The topological polar surface area (TPSA) is 87.0 Å². The van der Waals surface area contributed by atoms with Gasteiger partial charge in [0.15, 0.2) is 0 Å². The maximum atomic E-state index is 10.5. The maximum Gasteiger partial charge on any atom is 0.310 e. The number of hydrogen-bond acceptors (Lipinski definition) is 4. The first-order chi connectivity index (χ1) is 6.02. The first kappa shape index (κ1) is 9.59. The Morgan fingerprint density at radius 1 is 1.92 bits per heavy atom. The van der Waals surface area contributed by atoms with Crippen LogP contribution in [0.3, 0.4) is 0 Å². The molecule has 0 fully saturated rings. The Kier molecular flexibility index (Phi) is 2.57. The summed E-state index contributed by atoms with van der Waals surface area (Å²) in [5.74, 6) is 0. The van der Waals surface area contributed by atoms with E-state index < -0.39 is 4.92 Å². The lowest BCUT2D eigenvalue weighted by atomic mass is 10.3. The third-order valence-corrected chi connectivity index (χ3v) is 1.72. The molecule has 2 N–H and O–H groups in total. The second kappa shape index (κ2) is 3.48. The van der Waals surface area contributed by atoms with Crippen molar-refractivity contribution in [3.63, 3.8) is 0 Å². The highest BCUT2D eigenvalue weighted by molar-refractivity contribution is 7.80. The smallest absolute Gasteiger partial charge is 0.310 e. The van der Waals surface area contributed by atoms with Crippen LogP contribution in [-0.4, -0.2) is 19.7 Å². The van der Waals surface area contributed by atoms with Crippen molar-refractivity contribution >= 4 is 22.9 Å². The standard InChI is InChI=1S/C6H8N4O2S/c1-9-4(2-6(7)13)5(3-8-9)10(11)12/h3H,2H2,1H3,(H2,7,13). The zero-order valence-corrected chi connectivity index (χ0v) is 7.74. The van der Waals surface area contributed by atoms with Gasteiger partial charge in [0.25, 0.3) is 0 Å². The van der Waals surface area contributed by atoms with E-state index in [1.165, 1.54) is 10.9 Å². The molecule has 0 unspecified atom stereocenters. The number of aromatic nitrogens is 2. The van der Waals surface area contributed by atoms with E-state index in [-0.39, 0.29) is 17.1 Å². The van der Waals surface area contributed by atoms with Gasteiger partial charge >= 0.3 is 5.69 Å². The summed E-state index contributed by atoms with van der Waals surface area (Å²) in [7, 11) is 1.61. The van der Waals surface area contributed by atoms with Gasteiger partial charge in [-0.2, -0.15) is 5.10 Å². The minimum absolute atomic E-state index is 0.0460. The summed E-state index contributed by atoms with van der Waals surface area (Å²) in [6, 6.07) is 0. The molecule has 0 aliphatic rings. The van der Waals surface area contributed by atoms with Gasteiger partial charge in [0.2, 0.25) is 0 Å². The maximum absolute atomic E-state index is 10.5. The summed E-state index contributed by atoms with van der Waals surface area (Å²) in [6.07, 6.45) is 1.38. The molecule has 0 saturated heterocycles. The Balaban J connectivity index is 3.08. The van der Waals surface area contributed by atoms with Crippen molar-refractivity contribution in [2.24, 2.45) is 12.8 Å². The number of nitro groups is 1. The minimum Gasteiger partial charge on any atom is -0.393 e. The summed E-state index contributed by atoms with van der Waals surface area (Å²) < 4.78 is 1.40. The molecule has 0 atom stereocenters. The second-order valence-corrected chi connectivity index (χ2v) is 3.02. The van der Waals surface area contributed by atoms with Crippen LogP contribution < -0.4 is 5.73 Å². The Morgan fingerprint density at radius 3 is 3.00 bits per heavy atom. The van der Waals surface area contributed by atoms with Crippen LogP contribution >= 0.6 is 12.2 Å². The van der Waals surface area contributed by atoms with Crippen LogP contribution in [0.2, 0.25) is 0 Å². The zero-order valence-electron chi connectivity index (χ0n) is 6.93. The highest BCUT2D eigenvalue weighted by Gasteiger charge is 2.18. The number of rotatable bonds is 3. The van der Waals surface area contributed by atoms with E-state index in [0.29, 0.717) is 5.69 Å². The molecule has 0 spiro atoms. The van der Waals surface area contributed by atoms with Crippen LogP contribution in [0, 0.1) is 10.1 Å². The number of nitrogens with two attached hydrogens (primary N) is 1. The predicted molar refractivity (Wildman–Crippen MR) is 50.4 cm³/mol. The van der Waals surface area contributed by atoms with Gasteiger partial charge in [-0.1, -0.05) is 12.2 Å². The normalized spacial score (nSPS) is 9.92. The highest BCUT2D eigenvalue weighted by Crippen LogP contribution is 2.16. The molecule has 1 aromatic rings. The van der Waals surface area contributed by atoms with Crippen LogP contribution in [0.25, 0.3) is 0 Å². The predicted octanol–water partition coefficient (Wildman–Crippen LogP) is 0.157. The van der Waals surface area contributed by atoms with Crippen molar-refractivity contribution in [1.82, 2.24) is 9.78 Å². The van der Waals surface area contributed by atoms with Crippen LogP contribution in [0.5, 0.6) is 0 Å². The van der Waals surface area contributed by atoms with Gasteiger partial charge in [0.05, 0.1) is 9.91 Å². The lowest BCUT2D eigenvalue weighted by molar-refractivity contribution is -0.385. The summed E-state index contributed by atoms with van der Waals surface area (Å²) in [4.78, 5) is 10.2. The first-order valence-corrected chi connectivity index (χ1v) is 3.86. The van der Waals surface area contributed by atoms with E-state index in [1.807, 2.05) is 0 Å². The number of nitrogens with zero attached hydrogens (tertiary/aromatic N) is 3. The zero-order chi connectivity index (χ0) is 10.0. The molecule has 1 aromatic heterocycles. The monoisotopic (exact) mass is 200 g/mol. The van der Waals surface area contributed by atoms with Crippen molar-refractivity contribution < 1.29 is 4.92 Å². The van der Waals surface area contributed by atoms with Gasteiger partial charge < -0.3 is 5.73 Å². The largest absolute Gasteiger partial charge is 0.393 e. The Morgan fingerprint density at radius 2 is 2.54 bits per heavy atom. The average Bonchev–Trinajstić information content (AvgIpc) is 2.32. The molecule has 0 aromatic carbocycles. The molecular formula is C6H8N4O2S. The molecule has 0 aliphatic heterocycles. The van der Waals surface area contributed by atoms with Crippen molar-refractivity contribution in [3.05, 3.63) is 22.0 Å². The summed E-state index contributed by atoms with van der Waals surface area (Å²) >= 11 is 4.66. The number of aryl methyl sites for hydroxylation is 1. The third-order valence-electron chi connectivity index (χ3n) is 1.58. The van der Waals surface area contributed by atoms with Gasteiger partial charge in [-0.05, 0) is 0 Å². The number of hydrogen-bond donors (Lipinski definition) is 1. The van der Waals surface area contributed by atoms with Gasteiger partial charge in [-0.15, -0.1) is 0 Å². The van der Waals surface area contributed by atoms with Crippen molar-refractivity contribution in [3.8, 4) is 0 Å². The van der Waals surface area contributed by atoms with E-state index in [0.717, 1.165) is 0 Å². The van der Waals surface area contributed by atoms with Gasteiger partial charge in [-0.25, -0.2) is 0 Å². The number of thiocarbonyl (C=S) groups is 1. The molecule has 0 radical (unpaired) electrons. The van der Waals surface area contributed by atoms with E-state index in [9.17, 15) is 10.1 Å². The molecule has 0 amide bonds. The summed E-state index contributed by atoms with van der Waals surface area (Å²) in [5.41, 5.74) is 5.67. The van der Waals surface area contributed by atoms with Crippen LogP contribution in [0.15, 0.2) is 6.20 Å². The Labute approximate surface area is 79.5 Å². The molecule has 7 heteroatoms. The van der Waals surface area contributed by atoms with Crippen molar-refractivity contribution in [1.29, 1.82) is 0 Å². The van der Waals surface area contributed by atoms with Gasteiger partial charge in [-0.3, -0.25) is 14.8 Å². The molecule has 1 heterocycles. The van der Waals surface area contributed by atoms with Crippen molar-refractivity contribution in [2.75, 3.05) is 0 Å². The fourth-order valence-corrected chi connectivity index (χ4v) is 1.11. The van der Waals surface area contributed by atoms with E-state index in [4.69, 9.17) is 5.73 Å². The van der Waals surface area contributed by atoms with Crippen molar-refractivity contribution in [2.45, 2.75) is 6.42 Å². The fraction of sp³-hybridized carbons (Fsp3) is 0.333. The molecule has 1 rings (SSSR count). The van der Waals surface area contributed by atoms with E-state index in [1.54, 1.807) is 7.05 Å². The summed E-state index contributed by atoms with van der Waals surface area (Å²) in [6.45, 7) is 0. The SMILES string of the molecule is Cn1ncc([N+](=O)[O-])c1CC(N)=S. The van der Waals surface area contributed by atoms with E-state index >= 15 is 0 Å². The van der Waals surface area contributed by atoms with Gasteiger partial charge in [0.1, 0.15) is 11.9 Å². The summed E-state index contributed by atoms with van der Waals surface area (Å²) in [5, 5.41) is 14.2. The lowest BCUT2D eigenvalue weighted by Crippen LogP contribution is -2.14. The molecular weight excluding hydrogens is 192 g/mol. The Hall–Kier alpha value is -1.50. The molecule has 13 heavy (non-hydrogen) atoms. The van der Waals surface area contributed by atoms with Gasteiger partial charge in [0, 0.05) is 13.5 Å². The minimum atomic E-state index is -0.499. The van der Waals surface area contributed by atoms with Crippen LogP contribution in [0.4, 0.5) is 5.69 Å². The lowest BCUT2D eigenvalue weighted by Gasteiger charge is -1.98. The third kappa shape index (κ3) is 2.00. The van der Waals surface area contributed by atoms with Crippen LogP contribution in [-0.2, 0) is 13.5 Å². The average molecular weight is 200 g/mol. The first-order valence-electron chi connectivity index (χ1n) is 3.46. The second-order valence-electron chi connectivity index (χ2n) is 2.50. The Bertz CT molecular complexity index is 360. The molecule has 6 nitrogen and oxygen atoms in total. The highest BCUT2D eigenvalue weighted by atomic mass is 32.1.